The molecule has 0 N–H and O–H groups in total. The van der Waals surface area contributed by atoms with Crippen LogP contribution in [0.4, 0.5) is 0 Å². The second-order valence-electron chi connectivity index (χ2n) is 5.61. The van der Waals surface area contributed by atoms with E-state index < -0.39 is 0 Å². The Morgan fingerprint density at radius 3 is 2.36 bits per heavy atom. The third-order valence-corrected chi connectivity index (χ3v) is 4.00. The van der Waals surface area contributed by atoms with Crippen molar-refractivity contribution in [1.29, 1.82) is 5.26 Å². The van der Waals surface area contributed by atoms with Gasteiger partial charge < -0.3 is 4.74 Å². The van der Waals surface area contributed by atoms with Crippen molar-refractivity contribution < 1.29 is 4.74 Å². The predicted molar refractivity (Wildman–Crippen MR) is 96.6 cm³/mol. The Bertz CT molecular complexity index is 1040. The van der Waals surface area contributed by atoms with Gasteiger partial charge in [0.2, 0.25) is 0 Å². The number of nitriles is 1. The number of hydrogen-bond acceptors (Lipinski definition) is 3. The predicted octanol–water partition coefficient (Wildman–Crippen LogP) is 4.48. The molecule has 4 nitrogen and oxygen atoms in total. The second-order valence-corrected chi connectivity index (χ2v) is 5.61. The average molecular weight is 325 g/mol. The lowest BCUT2D eigenvalue weighted by molar-refractivity contribution is 0.294. The maximum absolute atomic E-state index is 8.88. The summed E-state index contributed by atoms with van der Waals surface area (Å²) >= 11 is 0. The Kier molecular flexibility index (Phi) is 3.89. The molecule has 0 amide bonds. The third-order valence-electron chi connectivity index (χ3n) is 4.00. The number of rotatable bonds is 4. The molecule has 3 aromatic carbocycles. The second kappa shape index (κ2) is 6.50. The normalized spacial score (nSPS) is 10.5. The highest BCUT2D eigenvalue weighted by atomic mass is 16.5. The molecule has 0 saturated carbocycles. The van der Waals surface area contributed by atoms with Crippen LogP contribution >= 0.6 is 0 Å². The molecule has 1 aromatic heterocycles. The van der Waals surface area contributed by atoms with E-state index in [1.165, 1.54) is 0 Å². The first kappa shape index (κ1) is 15.0. The lowest BCUT2D eigenvalue weighted by Gasteiger charge is -2.10. The summed E-state index contributed by atoms with van der Waals surface area (Å²) in [4.78, 5) is 4.72. The molecule has 0 aliphatic rings. The van der Waals surface area contributed by atoms with Gasteiger partial charge >= 0.3 is 0 Å². The largest absolute Gasteiger partial charge is 0.486 e. The van der Waals surface area contributed by atoms with Crippen molar-refractivity contribution in [2.45, 2.75) is 6.61 Å². The fourth-order valence-corrected chi connectivity index (χ4v) is 2.81. The van der Waals surface area contributed by atoms with Crippen LogP contribution in [0.5, 0.6) is 5.75 Å². The summed E-state index contributed by atoms with van der Waals surface area (Å²) in [7, 11) is 0. The van der Waals surface area contributed by atoms with Gasteiger partial charge in [0.05, 0.1) is 22.7 Å². The van der Waals surface area contributed by atoms with Crippen LogP contribution in [-0.4, -0.2) is 9.55 Å². The topological polar surface area (TPSA) is 50.8 Å². The molecule has 0 unspecified atom stereocenters. The van der Waals surface area contributed by atoms with E-state index in [9.17, 15) is 0 Å². The van der Waals surface area contributed by atoms with E-state index in [1.54, 1.807) is 24.3 Å². The van der Waals surface area contributed by atoms with E-state index in [1.807, 2.05) is 36.4 Å². The molecule has 4 heteroatoms. The standard InChI is InChI=1S/C21H15N3O/c22-14-16-10-12-18(13-11-16)25-15-21-23-19-8-4-5-9-20(19)24(21)17-6-2-1-3-7-17/h1-13H,15H2. The number of nitrogens with zero attached hydrogens (tertiary/aromatic N) is 3. The van der Waals surface area contributed by atoms with Gasteiger partial charge in [0, 0.05) is 5.69 Å². The number of benzene rings is 3. The summed E-state index contributed by atoms with van der Waals surface area (Å²) in [5.74, 6) is 1.54. The zero-order valence-corrected chi connectivity index (χ0v) is 13.5. The quantitative estimate of drug-likeness (QED) is 0.556. The SMILES string of the molecule is N#Cc1ccc(OCc2nc3ccccc3n2-c2ccccc2)cc1. The zero-order chi connectivity index (χ0) is 17.1. The monoisotopic (exact) mass is 325 g/mol. The minimum Gasteiger partial charge on any atom is -0.486 e. The van der Waals surface area contributed by atoms with Gasteiger partial charge in [0.1, 0.15) is 12.4 Å². The number of aromatic nitrogens is 2. The number of imidazole rings is 1. The van der Waals surface area contributed by atoms with Gasteiger partial charge in [0.25, 0.3) is 0 Å². The highest BCUT2D eigenvalue weighted by molar-refractivity contribution is 5.78. The highest BCUT2D eigenvalue weighted by Gasteiger charge is 2.12. The van der Waals surface area contributed by atoms with Gasteiger partial charge in [-0.2, -0.15) is 5.26 Å². The van der Waals surface area contributed by atoms with Gasteiger partial charge in [-0.3, -0.25) is 4.57 Å². The first-order chi connectivity index (χ1) is 12.3. The molecule has 0 aliphatic heterocycles. The summed E-state index contributed by atoms with van der Waals surface area (Å²) in [5, 5.41) is 8.88. The molecule has 0 bridgehead atoms. The van der Waals surface area contributed by atoms with Gasteiger partial charge in [-0.05, 0) is 48.5 Å². The maximum atomic E-state index is 8.88. The third kappa shape index (κ3) is 2.96. The van der Waals surface area contributed by atoms with Crippen LogP contribution in [0, 0.1) is 11.3 Å². The van der Waals surface area contributed by atoms with Crippen LogP contribution in [-0.2, 0) is 6.61 Å². The first-order valence-electron chi connectivity index (χ1n) is 8.00. The van der Waals surface area contributed by atoms with E-state index in [-0.39, 0.29) is 0 Å². The van der Waals surface area contributed by atoms with Crippen molar-refractivity contribution in [3.05, 3.63) is 90.3 Å². The van der Waals surface area contributed by atoms with E-state index >= 15 is 0 Å². The Balaban J connectivity index is 1.70. The lowest BCUT2D eigenvalue weighted by Crippen LogP contribution is -2.05. The summed E-state index contributed by atoms with van der Waals surface area (Å²) in [6.45, 7) is 0.343. The fraction of sp³-hybridized carbons (Fsp3) is 0.0476. The molecule has 0 atom stereocenters. The molecule has 4 aromatic rings. The van der Waals surface area contributed by atoms with E-state index in [2.05, 4.69) is 28.8 Å². The molecule has 0 saturated heterocycles. The van der Waals surface area contributed by atoms with Crippen LogP contribution < -0.4 is 4.74 Å². The average Bonchev–Trinajstić information content (AvgIpc) is 3.06. The number of hydrogen-bond donors (Lipinski definition) is 0. The molecular formula is C21H15N3O. The van der Waals surface area contributed by atoms with Crippen LogP contribution in [0.2, 0.25) is 0 Å². The molecule has 0 fully saturated rings. The van der Waals surface area contributed by atoms with Crippen molar-refractivity contribution in [1.82, 2.24) is 9.55 Å². The summed E-state index contributed by atoms with van der Waals surface area (Å²) in [5.41, 5.74) is 3.65. The minimum absolute atomic E-state index is 0.343. The van der Waals surface area contributed by atoms with Crippen LogP contribution in [0.1, 0.15) is 11.4 Å². The molecule has 25 heavy (non-hydrogen) atoms. The maximum Gasteiger partial charge on any atom is 0.152 e. The van der Waals surface area contributed by atoms with Crippen LogP contribution in [0.15, 0.2) is 78.9 Å². The highest BCUT2D eigenvalue weighted by Crippen LogP contribution is 2.22. The molecular weight excluding hydrogens is 310 g/mol. The smallest absolute Gasteiger partial charge is 0.152 e. The summed E-state index contributed by atoms with van der Waals surface area (Å²) in [6.07, 6.45) is 0. The van der Waals surface area contributed by atoms with Gasteiger partial charge in [0.15, 0.2) is 5.82 Å². The molecule has 0 radical (unpaired) electrons. The number of fused-ring (bicyclic) bond motifs is 1. The molecule has 120 valence electrons. The van der Waals surface area contributed by atoms with Crippen molar-refractivity contribution in [3.63, 3.8) is 0 Å². The van der Waals surface area contributed by atoms with Crippen molar-refractivity contribution in [3.8, 4) is 17.5 Å². The Morgan fingerprint density at radius 2 is 1.60 bits per heavy atom. The van der Waals surface area contributed by atoms with E-state index in [0.29, 0.717) is 17.9 Å². The Hall–Kier alpha value is -3.58. The lowest BCUT2D eigenvalue weighted by atomic mass is 10.2. The Labute approximate surface area is 145 Å². The van der Waals surface area contributed by atoms with Crippen LogP contribution in [0.25, 0.3) is 16.7 Å². The molecule has 4 rings (SSSR count). The summed E-state index contributed by atoms with van der Waals surface area (Å²) in [6, 6.07) is 27.4. The fourth-order valence-electron chi connectivity index (χ4n) is 2.81. The van der Waals surface area contributed by atoms with Gasteiger partial charge in [-0.25, -0.2) is 4.98 Å². The zero-order valence-electron chi connectivity index (χ0n) is 13.5. The summed E-state index contributed by atoms with van der Waals surface area (Å²) < 4.78 is 8.00. The van der Waals surface area contributed by atoms with Gasteiger partial charge in [-0.1, -0.05) is 30.3 Å². The minimum atomic E-state index is 0.343. The van der Waals surface area contributed by atoms with Gasteiger partial charge in [-0.15, -0.1) is 0 Å². The van der Waals surface area contributed by atoms with Crippen molar-refractivity contribution in [2.75, 3.05) is 0 Å². The van der Waals surface area contributed by atoms with Crippen molar-refractivity contribution in [2.24, 2.45) is 0 Å². The molecule has 0 aliphatic carbocycles. The van der Waals surface area contributed by atoms with Crippen molar-refractivity contribution >= 4 is 11.0 Å². The van der Waals surface area contributed by atoms with E-state index in [4.69, 9.17) is 15.0 Å². The number of ether oxygens (including phenoxy) is 1. The number of para-hydroxylation sites is 3. The molecule has 1 heterocycles. The molecule has 0 spiro atoms. The van der Waals surface area contributed by atoms with E-state index in [0.717, 1.165) is 22.5 Å². The first-order valence-corrected chi connectivity index (χ1v) is 8.00. The van der Waals surface area contributed by atoms with Crippen LogP contribution in [0.3, 0.4) is 0 Å². The Morgan fingerprint density at radius 1 is 0.880 bits per heavy atom.